The minimum absolute atomic E-state index is 0.151. The van der Waals surface area contributed by atoms with E-state index in [2.05, 4.69) is 10.9 Å². The first-order valence-corrected chi connectivity index (χ1v) is 8.98. The number of hydrazine groups is 1. The monoisotopic (exact) mass is 358 g/mol. The van der Waals surface area contributed by atoms with Gasteiger partial charge in [0.25, 0.3) is 5.91 Å². The molecule has 0 fully saturated rings. The van der Waals surface area contributed by atoms with Gasteiger partial charge in [0, 0.05) is 17.1 Å². The zero-order valence-electron chi connectivity index (χ0n) is 14.4. The number of hydrogen-bond acceptors (Lipinski definition) is 4. The summed E-state index contributed by atoms with van der Waals surface area (Å²) in [5, 5.41) is 0. The summed E-state index contributed by atoms with van der Waals surface area (Å²) in [7, 11) is 0. The highest BCUT2D eigenvalue weighted by atomic mass is 32.2. The number of nitrogens with one attached hydrogen (secondary N) is 2. The Morgan fingerprint density at radius 2 is 1.60 bits per heavy atom. The highest BCUT2D eigenvalue weighted by Crippen LogP contribution is 2.17. The minimum atomic E-state index is -0.400. The molecule has 0 spiro atoms. The second-order valence-corrected chi connectivity index (χ2v) is 6.79. The van der Waals surface area contributed by atoms with Crippen LogP contribution in [0.3, 0.4) is 0 Å². The summed E-state index contributed by atoms with van der Waals surface area (Å²) in [6.07, 6.45) is 0.317. The van der Waals surface area contributed by atoms with Crippen LogP contribution in [0.1, 0.15) is 17.5 Å². The first-order valence-electron chi connectivity index (χ1n) is 7.99. The second-order valence-electron chi connectivity index (χ2n) is 5.62. The van der Waals surface area contributed by atoms with E-state index in [1.807, 2.05) is 62.4 Å². The van der Waals surface area contributed by atoms with Crippen LogP contribution < -0.4 is 15.6 Å². The zero-order valence-corrected chi connectivity index (χ0v) is 15.2. The lowest BCUT2D eigenvalue weighted by Gasteiger charge is -2.10. The van der Waals surface area contributed by atoms with Crippen molar-refractivity contribution in [2.24, 2.45) is 0 Å². The van der Waals surface area contributed by atoms with Crippen LogP contribution in [-0.2, 0) is 9.59 Å². The fraction of sp³-hybridized carbons (Fsp3) is 0.263. The van der Waals surface area contributed by atoms with Crippen molar-refractivity contribution in [3.8, 4) is 5.75 Å². The van der Waals surface area contributed by atoms with Crippen LogP contribution in [0.2, 0.25) is 0 Å². The zero-order chi connectivity index (χ0) is 18.1. The SMILES string of the molecule is Cc1cc(C)cc(OCC(=O)NNC(=O)CCSc2ccccc2)c1. The molecule has 0 heterocycles. The number of rotatable bonds is 7. The first kappa shape index (κ1) is 18.9. The molecule has 0 aliphatic heterocycles. The molecule has 0 saturated carbocycles. The Hall–Kier alpha value is -2.47. The van der Waals surface area contributed by atoms with Gasteiger partial charge < -0.3 is 4.74 Å². The standard InChI is InChI=1S/C19H22N2O3S/c1-14-10-15(2)12-16(11-14)24-13-19(23)21-20-18(22)8-9-25-17-6-4-3-5-7-17/h3-7,10-12H,8-9,13H2,1-2H3,(H,20,22)(H,21,23). The van der Waals surface area contributed by atoms with E-state index in [1.165, 1.54) is 0 Å². The molecule has 2 aromatic rings. The lowest BCUT2D eigenvalue weighted by atomic mass is 10.1. The van der Waals surface area contributed by atoms with Crippen LogP contribution >= 0.6 is 11.8 Å². The van der Waals surface area contributed by atoms with Crippen LogP contribution in [0.25, 0.3) is 0 Å². The molecule has 0 bridgehead atoms. The Labute approximate surface area is 152 Å². The summed E-state index contributed by atoms with van der Waals surface area (Å²) in [6, 6.07) is 15.6. The van der Waals surface area contributed by atoms with Crippen molar-refractivity contribution < 1.29 is 14.3 Å². The van der Waals surface area contributed by atoms with Gasteiger partial charge in [0.1, 0.15) is 5.75 Å². The molecule has 0 aliphatic carbocycles. The number of amides is 2. The van der Waals surface area contributed by atoms with Crippen LogP contribution in [0.15, 0.2) is 53.4 Å². The maximum absolute atomic E-state index is 11.7. The molecule has 2 aromatic carbocycles. The van der Waals surface area contributed by atoms with Crippen molar-refractivity contribution in [3.63, 3.8) is 0 Å². The van der Waals surface area contributed by atoms with Gasteiger partial charge in [-0.2, -0.15) is 0 Å². The summed E-state index contributed by atoms with van der Waals surface area (Å²) in [5.41, 5.74) is 6.89. The number of aryl methyl sites for hydroxylation is 2. The minimum Gasteiger partial charge on any atom is -0.484 e. The summed E-state index contributed by atoms with van der Waals surface area (Å²) in [4.78, 5) is 24.6. The Morgan fingerprint density at radius 3 is 2.28 bits per heavy atom. The third kappa shape index (κ3) is 7.30. The van der Waals surface area contributed by atoms with E-state index in [0.717, 1.165) is 16.0 Å². The van der Waals surface area contributed by atoms with E-state index in [9.17, 15) is 9.59 Å². The molecule has 0 aliphatic rings. The van der Waals surface area contributed by atoms with Gasteiger partial charge in [-0.1, -0.05) is 24.3 Å². The number of carbonyl (C=O) groups excluding carboxylic acids is 2. The van der Waals surface area contributed by atoms with E-state index in [1.54, 1.807) is 11.8 Å². The summed E-state index contributed by atoms with van der Waals surface area (Å²) in [5.74, 6) is 0.648. The number of carbonyl (C=O) groups is 2. The predicted octanol–water partition coefficient (Wildman–Crippen LogP) is 3.01. The predicted molar refractivity (Wildman–Crippen MR) is 99.5 cm³/mol. The van der Waals surface area contributed by atoms with Gasteiger partial charge in [-0.3, -0.25) is 20.4 Å². The van der Waals surface area contributed by atoms with E-state index < -0.39 is 5.91 Å². The van der Waals surface area contributed by atoms with Gasteiger partial charge >= 0.3 is 0 Å². The maximum atomic E-state index is 11.7. The van der Waals surface area contributed by atoms with Gasteiger partial charge in [-0.25, -0.2) is 0 Å². The fourth-order valence-electron chi connectivity index (χ4n) is 2.18. The van der Waals surface area contributed by atoms with Crippen molar-refractivity contribution >= 4 is 23.6 Å². The molecular formula is C19H22N2O3S. The van der Waals surface area contributed by atoms with Crippen LogP contribution in [0, 0.1) is 13.8 Å². The van der Waals surface area contributed by atoms with E-state index in [-0.39, 0.29) is 12.5 Å². The van der Waals surface area contributed by atoms with Gasteiger partial charge in [0.2, 0.25) is 5.91 Å². The molecule has 6 heteroatoms. The van der Waals surface area contributed by atoms with E-state index in [4.69, 9.17) is 4.74 Å². The second kappa shape index (κ2) is 9.74. The third-order valence-corrected chi connectivity index (χ3v) is 4.26. The molecule has 2 N–H and O–H groups in total. The maximum Gasteiger partial charge on any atom is 0.276 e. The molecule has 25 heavy (non-hydrogen) atoms. The first-order chi connectivity index (χ1) is 12.0. The van der Waals surface area contributed by atoms with Crippen LogP contribution in [0.4, 0.5) is 0 Å². The summed E-state index contributed by atoms with van der Waals surface area (Å²) >= 11 is 1.59. The lowest BCUT2D eigenvalue weighted by molar-refractivity contribution is -0.129. The molecule has 2 amide bonds. The summed E-state index contributed by atoms with van der Waals surface area (Å²) < 4.78 is 5.43. The van der Waals surface area contributed by atoms with Gasteiger partial charge in [-0.15, -0.1) is 11.8 Å². The number of benzene rings is 2. The van der Waals surface area contributed by atoms with E-state index in [0.29, 0.717) is 17.9 Å². The molecule has 0 radical (unpaired) electrons. The average molecular weight is 358 g/mol. The molecule has 0 saturated heterocycles. The largest absolute Gasteiger partial charge is 0.484 e. The normalized spacial score (nSPS) is 10.2. The fourth-order valence-corrected chi connectivity index (χ4v) is 3.05. The van der Waals surface area contributed by atoms with Crippen molar-refractivity contribution in [2.45, 2.75) is 25.2 Å². The van der Waals surface area contributed by atoms with Gasteiger partial charge in [0.05, 0.1) is 0 Å². The lowest BCUT2D eigenvalue weighted by Crippen LogP contribution is -2.43. The topological polar surface area (TPSA) is 67.4 Å². The quantitative estimate of drug-likeness (QED) is 0.590. The third-order valence-electron chi connectivity index (χ3n) is 3.25. The molecular weight excluding hydrogens is 336 g/mol. The van der Waals surface area contributed by atoms with Crippen molar-refractivity contribution in [2.75, 3.05) is 12.4 Å². The Kier molecular flexibility index (Phi) is 7.35. The van der Waals surface area contributed by atoms with E-state index >= 15 is 0 Å². The highest BCUT2D eigenvalue weighted by Gasteiger charge is 2.06. The molecule has 2 rings (SSSR count). The van der Waals surface area contributed by atoms with Crippen molar-refractivity contribution in [1.82, 2.24) is 10.9 Å². The number of hydrogen-bond donors (Lipinski definition) is 2. The summed E-state index contributed by atoms with van der Waals surface area (Å²) in [6.45, 7) is 3.78. The Balaban J connectivity index is 1.63. The van der Waals surface area contributed by atoms with Gasteiger partial charge in [-0.05, 0) is 49.2 Å². The van der Waals surface area contributed by atoms with Crippen molar-refractivity contribution in [1.29, 1.82) is 0 Å². The van der Waals surface area contributed by atoms with Crippen LogP contribution in [0.5, 0.6) is 5.75 Å². The average Bonchev–Trinajstić information content (AvgIpc) is 2.58. The number of thioether (sulfide) groups is 1. The van der Waals surface area contributed by atoms with Crippen LogP contribution in [-0.4, -0.2) is 24.2 Å². The molecule has 0 aromatic heterocycles. The Bertz CT molecular complexity index is 700. The molecule has 0 atom stereocenters. The molecule has 132 valence electrons. The smallest absolute Gasteiger partial charge is 0.276 e. The Morgan fingerprint density at radius 1 is 0.960 bits per heavy atom. The molecule has 0 unspecified atom stereocenters. The van der Waals surface area contributed by atoms with Crippen molar-refractivity contribution in [3.05, 3.63) is 59.7 Å². The number of ether oxygens (including phenoxy) is 1. The van der Waals surface area contributed by atoms with Gasteiger partial charge in [0.15, 0.2) is 6.61 Å². The highest BCUT2D eigenvalue weighted by molar-refractivity contribution is 7.99. The molecule has 5 nitrogen and oxygen atoms in total.